The number of rotatable bonds is 6. The number of aromatic nitrogens is 4. The van der Waals surface area contributed by atoms with E-state index in [1.54, 1.807) is 0 Å². The fourth-order valence-electron chi connectivity index (χ4n) is 7.46. The Bertz CT molecular complexity index is 2680. The normalized spacial score (nSPS) is 11.5. The molecule has 0 saturated carbocycles. The molecule has 10 aromatic rings. The van der Waals surface area contributed by atoms with Crippen molar-refractivity contribution in [3.63, 3.8) is 0 Å². The zero-order chi connectivity index (χ0) is 33.7. The van der Waals surface area contributed by atoms with Gasteiger partial charge in [-0.25, -0.2) is 9.97 Å². The molecule has 0 radical (unpaired) electrons. The molecule has 3 aromatic heterocycles. The minimum Gasteiger partial charge on any atom is -0.309 e. The van der Waals surface area contributed by atoms with E-state index in [-0.39, 0.29) is 0 Å². The topological polar surface area (TPSA) is 38.9 Å². The van der Waals surface area contributed by atoms with Crippen LogP contribution < -0.4 is 4.90 Å². The van der Waals surface area contributed by atoms with Gasteiger partial charge in [0.1, 0.15) is 5.52 Å². The Hall–Kier alpha value is -6.98. The second kappa shape index (κ2) is 11.9. The molecule has 0 amide bonds. The fraction of sp³-hybridized carbons (Fsp3) is 0. The predicted molar refractivity (Wildman–Crippen MR) is 211 cm³/mol. The summed E-state index contributed by atoms with van der Waals surface area (Å²) in [6.45, 7) is 0. The van der Waals surface area contributed by atoms with Crippen LogP contribution in [0.4, 0.5) is 17.3 Å². The highest BCUT2D eigenvalue weighted by molar-refractivity contribution is 6.11. The van der Waals surface area contributed by atoms with Gasteiger partial charge in [0.05, 0.1) is 28.3 Å². The lowest BCUT2D eigenvalue weighted by Gasteiger charge is -2.24. The predicted octanol–water partition coefficient (Wildman–Crippen LogP) is 11.8. The average molecular weight is 654 g/mol. The average Bonchev–Trinajstić information content (AvgIpc) is 3.72. The highest BCUT2D eigenvalue weighted by atomic mass is 15.3. The molecule has 10 rings (SSSR count). The third-order valence-electron chi connectivity index (χ3n) is 9.77. The lowest BCUT2D eigenvalue weighted by molar-refractivity contribution is 1.09. The van der Waals surface area contributed by atoms with Gasteiger partial charge in [-0.1, -0.05) is 115 Å². The molecule has 3 heterocycles. The van der Waals surface area contributed by atoms with Gasteiger partial charge in [0.15, 0.2) is 0 Å². The van der Waals surface area contributed by atoms with E-state index in [0.717, 1.165) is 55.8 Å². The largest absolute Gasteiger partial charge is 0.309 e. The SMILES string of the molecule is c1ccc(-c2ccc(N(c3ccc4c(c3)c3ccccc3n4-c3ccccc3)c3ncc4c(n3)c3ccccc3n4-c3ccccc3)cc2)cc1. The summed E-state index contributed by atoms with van der Waals surface area (Å²) in [5.74, 6) is 0.608. The lowest BCUT2D eigenvalue weighted by atomic mass is 10.1. The Morgan fingerprint density at radius 1 is 0.392 bits per heavy atom. The molecule has 0 aliphatic rings. The van der Waals surface area contributed by atoms with Crippen molar-refractivity contribution in [2.24, 2.45) is 0 Å². The molecular weight excluding hydrogens is 623 g/mol. The van der Waals surface area contributed by atoms with Crippen molar-refractivity contribution in [1.29, 1.82) is 0 Å². The third-order valence-corrected chi connectivity index (χ3v) is 9.77. The van der Waals surface area contributed by atoms with Gasteiger partial charge in [-0.05, 0) is 77.9 Å². The first-order valence-electron chi connectivity index (χ1n) is 17.2. The summed E-state index contributed by atoms with van der Waals surface area (Å²) < 4.78 is 4.59. The van der Waals surface area contributed by atoms with Crippen LogP contribution >= 0.6 is 0 Å². The maximum absolute atomic E-state index is 5.37. The summed E-state index contributed by atoms with van der Waals surface area (Å²) in [4.78, 5) is 12.7. The molecule has 51 heavy (non-hydrogen) atoms. The monoisotopic (exact) mass is 653 g/mol. The molecule has 0 unspecified atom stereocenters. The highest BCUT2D eigenvalue weighted by Crippen LogP contribution is 2.40. The quantitative estimate of drug-likeness (QED) is 0.179. The van der Waals surface area contributed by atoms with Gasteiger partial charge in [-0.15, -0.1) is 0 Å². The summed E-state index contributed by atoms with van der Waals surface area (Å²) in [6.07, 6.45) is 1.97. The molecule has 0 atom stereocenters. The van der Waals surface area contributed by atoms with Gasteiger partial charge in [0.25, 0.3) is 0 Å². The summed E-state index contributed by atoms with van der Waals surface area (Å²) in [5, 5.41) is 3.44. The number of hydrogen-bond donors (Lipinski definition) is 0. The molecule has 240 valence electrons. The van der Waals surface area contributed by atoms with Crippen LogP contribution in [-0.4, -0.2) is 19.1 Å². The van der Waals surface area contributed by atoms with E-state index in [1.807, 2.05) is 18.3 Å². The van der Waals surface area contributed by atoms with Gasteiger partial charge < -0.3 is 9.13 Å². The second-order valence-corrected chi connectivity index (χ2v) is 12.7. The molecule has 0 fully saturated rings. The third kappa shape index (κ3) is 4.78. The van der Waals surface area contributed by atoms with E-state index in [0.29, 0.717) is 5.95 Å². The lowest BCUT2D eigenvalue weighted by Crippen LogP contribution is -2.13. The van der Waals surface area contributed by atoms with E-state index < -0.39 is 0 Å². The van der Waals surface area contributed by atoms with E-state index in [4.69, 9.17) is 9.97 Å². The first-order chi connectivity index (χ1) is 25.3. The summed E-state index contributed by atoms with van der Waals surface area (Å²) in [6, 6.07) is 63.9. The van der Waals surface area contributed by atoms with Crippen LogP contribution in [0.15, 0.2) is 188 Å². The van der Waals surface area contributed by atoms with E-state index in [9.17, 15) is 0 Å². The van der Waals surface area contributed by atoms with Crippen LogP contribution in [0.5, 0.6) is 0 Å². The fourth-order valence-corrected chi connectivity index (χ4v) is 7.46. The molecule has 0 aliphatic carbocycles. The Morgan fingerprint density at radius 3 is 1.59 bits per heavy atom. The van der Waals surface area contributed by atoms with E-state index in [1.165, 1.54) is 21.9 Å². The minimum atomic E-state index is 0.608. The van der Waals surface area contributed by atoms with Crippen LogP contribution in [-0.2, 0) is 0 Å². The van der Waals surface area contributed by atoms with Gasteiger partial charge in [-0.3, -0.25) is 4.90 Å². The standard InChI is InChI=1S/C46H31N5/c1-4-14-32(15-5-1)33-24-26-36(27-25-33)49(37-28-29-43-40(30-37)38-20-10-12-22-41(38)50(43)34-16-6-2-7-17-34)46-47-31-44-45(48-46)39-21-11-13-23-42(39)51(44)35-18-8-3-9-19-35/h1-31H. The van der Waals surface area contributed by atoms with Crippen molar-refractivity contribution in [2.45, 2.75) is 0 Å². The maximum atomic E-state index is 5.37. The van der Waals surface area contributed by atoms with Crippen LogP contribution in [0.25, 0.3) is 66.2 Å². The number of benzene rings is 7. The minimum absolute atomic E-state index is 0.608. The smallest absolute Gasteiger partial charge is 0.235 e. The maximum Gasteiger partial charge on any atom is 0.235 e. The molecule has 7 aromatic carbocycles. The van der Waals surface area contributed by atoms with Crippen molar-refractivity contribution in [3.05, 3.63) is 188 Å². The van der Waals surface area contributed by atoms with Crippen molar-refractivity contribution >= 4 is 61.1 Å². The Balaban J connectivity index is 1.20. The summed E-state index contributed by atoms with van der Waals surface area (Å²) in [5.41, 5.74) is 11.8. The summed E-state index contributed by atoms with van der Waals surface area (Å²) >= 11 is 0. The van der Waals surface area contributed by atoms with Gasteiger partial charge >= 0.3 is 0 Å². The van der Waals surface area contributed by atoms with E-state index >= 15 is 0 Å². The number of anilines is 3. The Kier molecular flexibility index (Phi) is 6.74. The molecule has 0 bridgehead atoms. The Morgan fingerprint density at radius 2 is 0.902 bits per heavy atom. The van der Waals surface area contributed by atoms with Crippen LogP contribution in [0.2, 0.25) is 0 Å². The van der Waals surface area contributed by atoms with Crippen LogP contribution in [0.1, 0.15) is 0 Å². The van der Waals surface area contributed by atoms with Gasteiger partial charge in [0, 0.05) is 38.9 Å². The van der Waals surface area contributed by atoms with Crippen molar-refractivity contribution < 1.29 is 0 Å². The molecule has 0 spiro atoms. The first-order valence-corrected chi connectivity index (χ1v) is 17.2. The first kappa shape index (κ1) is 29.0. The zero-order valence-corrected chi connectivity index (χ0v) is 27.6. The molecule has 0 N–H and O–H groups in total. The van der Waals surface area contributed by atoms with Gasteiger partial charge in [0.2, 0.25) is 5.95 Å². The molecule has 0 aliphatic heterocycles. The Labute approximate surface area is 294 Å². The van der Waals surface area contributed by atoms with E-state index in [2.05, 4.69) is 184 Å². The molecular formula is C46H31N5. The van der Waals surface area contributed by atoms with Crippen molar-refractivity contribution in [3.8, 4) is 22.5 Å². The number of para-hydroxylation sites is 4. The molecule has 0 saturated heterocycles. The number of fused-ring (bicyclic) bond motifs is 6. The van der Waals surface area contributed by atoms with Crippen LogP contribution in [0, 0.1) is 0 Å². The molecule has 5 heteroatoms. The number of nitrogens with zero attached hydrogens (tertiary/aromatic N) is 5. The number of hydrogen-bond acceptors (Lipinski definition) is 3. The summed E-state index contributed by atoms with van der Waals surface area (Å²) in [7, 11) is 0. The van der Waals surface area contributed by atoms with Crippen molar-refractivity contribution in [1.82, 2.24) is 19.1 Å². The second-order valence-electron chi connectivity index (χ2n) is 12.7. The van der Waals surface area contributed by atoms with Crippen LogP contribution in [0.3, 0.4) is 0 Å². The highest BCUT2D eigenvalue weighted by Gasteiger charge is 2.21. The zero-order valence-electron chi connectivity index (χ0n) is 27.6. The van der Waals surface area contributed by atoms with Gasteiger partial charge in [-0.2, -0.15) is 0 Å². The van der Waals surface area contributed by atoms with Crippen molar-refractivity contribution in [2.75, 3.05) is 4.90 Å². The molecule has 5 nitrogen and oxygen atoms in total.